The maximum atomic E-state index is 6.38. The van der Waals surface area contributed by atoms with Gasteiger partial charge >= 0.3 is 0 Å². The lowest BCUT2D eigenvalue weighted by Gasteiger charge is -2.34. The SMILES string of the molecule is CC1SCC(C(N)Cc2ccc(Br)cc2)SC1C. The van der Waals surface area contributed by atoms with Gasteiger partial charge in [-0.25, -0.2) is 0 Å². The highest BCUT2D eigenvalue weighted by molar-refractivity contribution is 9.10. The molecule has 0 aliphatic carbocycles. The molecule has 100 valence electrons. The van der Waals surface area contributed by atoms with Crippen molar-refractivity contribution < 1.29 is 0 Å². The molecule has 1 saturated heterocycles. The van der Waals surface area contributed by atoms with Gasteiger partial charge in [0.1, 0.15) is 0 Å². The zero-order chi connectivity index (χ0) is 13.1. The second kappa shape index (κ2) is 6.69. The zero-order valence-corrected chi connectivity index (χ0v) is 14.0. The Morgan fingerprint density at radius 1 is 1.28 bits per heavy atom. The molecule has 1 aliphatic heterocycles. The van der Waals surface area contributed by atoms with Gasteiger partial charge in [0.15, 0.2) is 0 Å². The van der Waals surface area contributed by atoms with Crippen molar-refractivity contribution >= 4 is 39.5 Å². The minimum absolute atomic E-state index is 0.263. The van der Waals surface area contributed by atoms with Crippen LogP contribution in [-0.2, 0) is 6.42 Å². The lowest BCUT2D eigenvalue weighted by atomic mass is 10.0. The van der Waals surface area contributed by atoms with Crippen LogP contribution < -0.4 is 5.73 Å². The highest BCUT2D eigenvalue weighted by atomic mass is 79.9. The molecule has 0 bridgehead atoms. The van der Waals surface area contributed by atoms with Gasteiger partial charge < -0.3 is 5.73 Å². The summed E-state index contributed by atoms with van der Waals surface area (Å²) in [6.45, 7) is 4.64. The molecule has 1 aliphatic rings. The molecule has 1 nitrogen and oxygen atoms in total. The smallest absolute Gasteiger partial charge is 0.0295 e. The Morgan fingerprint density at radius 3 is 2.56 bits per heavy atom. The fraction of sp³-hybridized carbons (Fsp3) is 0.571. The second-order valence-corrected chi connectivity index (χ2v) is 8.86. The molecule has 0 radical (unpaired) electrons. The van der Waals surface area contributed by atoms with E-state index in [0.717, 1.165) is 16.1 Å². The first kappa shape index (κ1) is 14.8. The Balaban J connectivity index is 1.91. The molecule has 2 rings (SSSR count). The van der Waals surface area contributed by atoms with E-state index in [4.69, 9.17) is 5.73 Å². The first-order chi connectivity index (χ1) is 8.56. The van der Waals surface area contributed by atoms with Gasteiger partial charge in [-0.15, -0.1) is 0 Å². The van der Waals surface area contributed by atoms with E-state index in [1.165, 1.54) is 11.3 Å². The van der Waals surface area contributed by atoms with Gasteiger partial charge in [-0.2, -0.15) is 23.5 Å². The van der Waals surface area contributed by atoms with Crippen LogP contribution in [0.5, 0.6) is 0 Å². The van der Waals surface area contributed by atoms with Crippen LogP contribution in [0.3, 0.4) is 0 Å². The maximum Gasteiger partial charge on any atom is 0.0295 e. The summed E-state index contributed by atoms with van der Waals surface area (Å²) in [5.41, 5.74) is 7.72. The summed E-state index contributed by atoms with van der Waals surface area (Å²) in [5.74, 6) is 1.19. The van der Waals surface area contributed by atoms with Gasteiger partial charge in [0.05, 0.1) is 0 Å². The Hall–Kier alpha value is 0.360. The topological polar surface area (TPSA) is 26.0 Å². The minimum Gasteiger partial charge on any atom is -0.326 e. The first-order valence-electron chi connectivity index (χ1n) is 6.33. The third-order valence-electron chi connectivity index (χ3n) is 3.44. The molecular formula is C14H20BrNS2. The number of benzene rings is 1. The average Bonchev–Trinajstić information content (AvgIpc) is 2.35. The molecule has 4 heteroatoms. The summed E-state index contributed by atoms with van der Waals surface area (Å²) in [5, 5.41) is 2.06. The number of halogens is 1. The molecule has 18 heavy (non-hydrogen) atoms. The van der Waals surface area contributed by atoms with Crippen molar-refractivity contribution in [2.45, 2.75) is 42.1 Å². The third-order valence-corrected chi connectivity index (χ3v) is 7.54. The summed E-state index contributed by atoms with van der Waals surface area (Å²) < 4.78 is 1.13. The summed E-state index contributed by atoms with van der Waals surface area (Å²) in [6, 6.07) is 8.77. The summed E-state index contributed by atoms with van der Waals surface area (Å²) in [7, 11) is 0. The van der Waals surface area contributed by atoms with Crippen molar-refractivity contribution in [1.29, 1.82) is 0 Å². The number of nitrogens with two attached hydrogens (primary N) is 1. The predicted molar refractivity (Wildman–Crippen MR) is 88.6 cm³/mol. The molecule has 2 N–H and O–H groups in total. The summed E-state index contributed by atoms with van der Waals surface area (Å²) >= 11 is 7.60. The monoisotopic (exact) mass is 345 g/mol. The summed E-state index contributed by atoms with van der Waals surface area (Å²) in [4.78, 5) is 0. The Bertz CT molecular complexity index is 382. The molecule has 4 unspecified atom stereocenters. The van der Waals surface area contributed by atoms with Gasteiger partial charge in [0, 0.05) is 32.0 Å². The van der Waals surface area contributed by atoms with Crippen LogP contribution in [0.4, 0.5) is 0 Å². The van der Waals surface area contributed by atoms with E-state index in [9.17, 15) is 0 Å². The number of rotatable bonds is 3. The highest BCUT2D eigenvalue weighted by Gasteiger charge is 2.29. The molecule has 4 atom stereocenters. The van der Waals surface area contributed by atoms with E-state index in [1.54, 1.807) is 0 Å². The van der Waals surface area contributed by atoms with Crippen molar-refractivity contribution in [2.24, 2.45) is 5.73 Å². The third kappa shape index (κ3) is 3.92. The van der Waals surface area contributed by atoms with Crippen LogP contribution in [0.25, 0.3) is 0 Å². The molecule has 0 spiro atoms. The van der Waals surface area contributed by atoms with Gasteiger partial charge in [-0.3, -0.25) is 0 Å². The maximum absolute atomic E-state index is 6.38. The minimum atomic E-state index is 0.263. The van der Waals surface area contributed by atoms with E-state index in [-0.39, 0.29) is 6.04 Å². The fourth-order valence-corrected chi connectivity index (χ4v) is 5.38. The average molecular weight is 346 g/mol. The quantitative estimate of drug-likeness (QED) is 0.898. The van der Waals surface area contributed by atoms with Gasteiger partial charge in [0.25, 0.3) is 0 Å². The lowest BCUT2D eigenvalue weighted by Crippen LogP contribution is -2.41. The van der Waals surface area contributed by atoms with Crippen LogP contribution in [0.15, 0.2) is 28.7 Å². The van der Waals surface area contributed by atoms with Crippen molar-refractivity contribution in [3.63, 3.8) is 0 Å². The van der Waals surface area contributed by atoms with Crippen LogP contribution >= 0.6 is 39.5 Å². The Labute approximate surface area is 127 Å². The molecule has 0 saturated carbocycles. The molecule has 0 aromatic heterocycles. The van der Waals surface area contributed by atoms with Crippen LogP contribution in [0, 0.1) is 0 Å². The zero-order valence-electron chi connectivity index (χ0n) is 10.8. The molecule has 1 fully saturated rings. The largest absolute Gasteiger partial charge is 0.326 e. The Morgan fingerprint density at radius 2 is 1.94 bits per heavy atom. The molecule has 1 aromatic carbocycles. The van der Waals surface area contributed by atoms with E-state index in [2.05, 4.69) is 77.6 Å². The van der Waals surface area contributed by atoms with Crippen LogP contribution in [-0.4, -0.2) is 27.5 Å². The van der Waals surface area contributed by atoms with Crippen LogP contribution in [0.1, 0.15) is 19.4 Å². The summed E-state index contributed by atoms with van der Waals surface area (Å²) in [6.07, 6.45) is 0.979. The van der Waals surface area contributed by atoms with Crippen molar-refractivity contribution in [2.75, 3.05) is 5.75 Å². The standard InChI is InChI=1S/C14H20BrNS2/c1-9-10(2)18-14(8-17-9)13(16)7-11-3-5-12(15)6-4-11/h3-6,9-10,13-14H,7-8,16H2,1-2H3. The number of thioether (sulfide) groups is 2. The normalized spacial score (nSPS) is 30.1. The predicted octanol–water partition coefficient (Wildman–Crippen LogP) is 3.94. The van der Waals surface area contributed by atoms with Crippen molar-refractivity contribution in [3.05, 3.63) is 34.3 Å². The molecule has 1 heterocycles. The molecular weight excluding hydrogens is 326 g/mol. The highest BCUT2D eigenvalue weighted by Crippen LogP contribution is 2.37. The number of hydrogen-bond donors (Lipinski definition) is 1. The van der Waals surface area contributed by atoms with E-state index >= 15 is 0 Å². The molecule has 0 amide bonds. The molecule has 1 aromatic rings. The van der Waals surface area contributed by atoms with Gasteiger partial charge in [0.2, 0.25) is 0 Å². The van der Waals surface area contributed by atoms with Gasteiger partial charge in [-0.1, -0.05) is 41.9 Å². The van der Waals surface area contributed by atoms with Crippen LogP contribution in [0.2, 0.25) is 0 Å². The van der Waals surface area contributed by atoms with E-state index in [0.29, 0.717) is 10.5 Å². The van der Waals surface area contributed by atoms with Gasteiger partial charge in [-0.05, 0) is 24.1 Å². The van der Waals surface area contributed by atoms with Crippen molar-refractivity contribution in [1.82, 2.24) is 0 Å². The Kier molecular flexibility index (Phi) is 5.48. The van der Waals surface area contributed by atoms with E-state index < -0.39 is 0 Å². The fourth-order valence-electron chi connectivity index (χ4n) is 2.06. The van der Waals surface area contributed by atoms with E-state index in [1.807, 2.05) is 0 Å². The van der Waals surface area contributed by atoms with Crippen molar-refractivity contribution in [3.8, 4) is 0 Å². The second-order valence-electron chi connectivity index (χ2n) is 4.91. The first-order valence-corrected chi connectivity index (χ1v) is 9.12. The number of hydrogen-bond acceptors (Lipinski definition) is 3. The lowest BCUT2D eigenvalue weighted by molar-refractivity contribution is 0.657.